The maximum Gasteiger partial charge on any atom is 0.327 e. The highest BCUT2D eigenvalue weighted by Crippen LogP contribution is 2.29. The topological polar surface area (TPSA) is 84.9 Å². The van der Waals surface area contributed by atoms with Crippen molar-refractivity contribution in [3.05, 3.63) is 0 Å². The van der Waals surface area contributed by atoms with E-state index in [1.54, 1.807) is 0 Å². The first kappa shape index (κ1) is 16.7. The second-order valence-electron chi connectivity index (χ2n) is 5.61. The van der Waals surface area contributed by atoms with Gasteiger partial charge in [0.2, 0.25) is 0 Å². The van der Waals surface area contributed by atoms with Crippen LogP contribution in [-0.2, 0) is 24.5 Å². The molecule has 21 heavy (non-hydrogen) atoms. The van der Waals surface area contributed by atoms with Gasteiger partial charge in [-0.05, 0) is 12.8 Å². The number of rotatable bonds is 4. The van der Waals surface area contributed by atoms with Gasteiger partial charge >= 0.3 is 5.97 Å². The summed E-state index contributed by atoms with van der Waals surface area (Å²) in [7, 11) is -2.41. The van der Waals surface area contributed by atoms with Crippen molar-refractivity contribution in [2.24, 2.45) is 0 Å². The van der Waals surface area contributed by atoms with E-state index in [1.165, 1.54) is 11.4 Å². The number of esters is 1. The molecular weight excluding hydrogens is 296 g/mol. The number of carbonyl (C=O) groups excluding carboxylic acids is 1. The molecule has 1 aliphatic carbocycles. The summed E-state index contributed by atoms with van der Waals surface area (Å²) in [6, 6.07) is 0. The molecule has 0 atom stereocenters. The van der Waals surface area contributed by atoms with E-state index in [1.807, 2.05) is 0 Å². The third-order valence-electron chi connectivity index (χ3n) is 4.17. The zero-order valence-corrected chi connectivity index (χ0v) is 13.3. The Morgan fingerprint density at radius 1 is 1.14 bits per heavy atom. The Bertz CT molecular complexity index is 451. The van der Waals surface area contributed by atoms with Crippen molar-refractivity contribution in [1.29, 1.82) is 0 Å². The Balaban J connectivity index is 2.19. The minimum absolute atomic E-state index is 0.312. The molecule has 7 nitrogen and oxygen atoms in total. The summed E-state index contributed by atoms with van der Waals surface area (Å²) in [5.74, 6) is -0.485. The molecule has 2 fully saturated rings. The van der Waals surface area contributed by atoms with E-state index in [2.05, 4.69) is 4.72 Å². The van der Waals surface area contributed by atoms with Crippen LogP contribution in [0.5, 0.6) is 0 Å². The van der Waals surface area contributed by atoms with Gasteiger partial charge in [0, 0.05) is 13.1 Å². The predicted octanol–water partition coefficient (Wildman–Crippen LogP) is 0.419. The first-order valence-corrected chi connectivity index (χ1v) is 8.89. The van der Waals surface area contributed by atoms with E-state index in [4.69, 9.17) is 9.47 Å². The molecule has 1 saturated carbocycles. The van der Waals surface area contributed by atoms with Crippen LogP contribution in [0.3, 0.4) is 0 Å². The molecular formula is C13H24N2O5S. The molecule has 0 aromatic heterocycles. The Kier molecular flexibility index (Phi) is 5.59. The lowest BCUT2D eigenvalue weighted by atomic mass is 9.92. The summed E-state index contributed by atoms with van der Waals surface area (Å²) in [5.41, 5.74) is -1.12. The number of carbonyl (C=O) groups is 1. The number of methoxy groups -OCH3 is 1. The highest BCUT2D eigenvalue weighted by Gasteiger charge is 2.44. The summed E-state index contributed by atoms with van der Waals surface area (Å²) in [5, 5.41) is 0. The molecule has 1 saturated heterocycles. The van der Waals surface area contributed by atoms with Crippen LogP contribution in [0.1, 0.15) is 38.5 Å². The lowest BCUT2D eigenvalue weighted by Gasteiger charge is -2.34. The first-order chi connectivity index (χ1) is 10.0. The normalized spacial score (nSPS) is 24.2. The van der Waals surface area contributed by atoms with Gasteiger partial charge < -0.3 is 9.47 Å². The van der Waals surface area contributed by atoms with Crippen LogP contribution in [0, 0.1) is 0 Å². The molecule has 1 heterocycles. The van der Waals surface area contributed by atoms with E-state index in [0.29, 0.717) is 39.1 Å². The fraction of sp³-hybridized carbons (Fsp3) is 0.923. The molecule has 0 aromatic carbocycles. The maximum atomic E-state index is 12.5. The third kappa shape index (κ3) is 3.94. The van der Waals surface area contributed by atoms with E-state index < -0.39 is 21.7 Å². The van der Waals surface area contributed by atoms with E-state index >= 15 is 0 Å². The molecule has 0 aromatic rings. The van der Waals surface area contributed by atoms with Crippen LogP contribution >= 0.6 is 0 Å². The predicted molar refractivity (Wildman–Crippen MR) is 76.9 cm³/mol. The lowest BCUT2D eigenvalue weighted by molar-refractivity contribution is -0.148. The van der Waals surface area contributed by atoms with E-state index in [9.17, 15) is 13.2 Å². The molecule has 0 radical (unpaired) electrons. The minimum Gasteiger partial charge on any atom is -0.468 e. The van der Waals surface area contributed by atoms with Gasteiger partial charge in [-0.2, -0.15) is 17.4 Å². The van der Waals surface area contributed by atoms with Gasteiger partial charge in [-0.25, -0.2) is 0 Å². The van der Waals surface area contributed by atoms with Crippen LogP contribution in [0.4, 0.5) is 0 Å². The van der Waals surface area contributed by atoms with Gasteiger partial charge in [-0.15, -0.1) is 0 Å². The second kappa shape index (κ2) is 7.04. The van der Waals surface area contributed by atoms with Crippen LogP contribution < -0.4 is 4.72 Å². The number of ether oxygens (including phenoxy) is 2. The summed E-state index contributed by atoms with van der Waals surface area (Å²) in [4.78, 5) is 12.2. The Labute approximate surface area is 126 Å². The number of hydrogen-bond donors (Lipinski definition) is 1. The molecule has 1 N–H and O–H groups in total. The van der Waals surface area contributed by atoms with E-state index in [0.717, 1.165) is 25.7 Å². The summed E-state index contributed by atoms with van der Waals surface area (Å²) in [6.45, 7) is 1.39. The fourth-order valence-electron chi connectivity index (χ4n) is 2.97. The molecule has 2 rings (SSSR count). The van der Waals surface area contributed by atoms with Crippen molar-refractivity contribution in [2.45, 2.75) is 44.1 Å². The van der Waals surface area contributed by atoms with Gasteiger partial charge in [0.05, 0.1) is 20.3 Å². The Morgan fingerprint density at radius 3 is 2.24 bits per heavy atom. The smallest absolute Gasteiger partial charge is 0.327 e. The molecule has 2 aliphatic rings. The average molecular weight is 320 g/mol. The van der Waals surface area contributed by atoms with Gasteiger partial charge in [-0.1, -0.05) is 25.7 Å². The van der Waals surface area contributed by atoms with Crippen molar-refractivity contribution in [2.75, 3.05) is 33.4 Å². The average Bonchev–Trinajstić information content (AvgIpc) is 2.73. The quantitative estimate of drug-likeness (QED) is 0.599. The number of nitrogens with zero attached hydrogens (tertiary/aromatic N) is 1. The van der Waals surface area contributed by atoms with Gasteiger partial charge in [0.25, 0.3) is 10.2 Å². The number of nitrogens with one attached hydrogen (secondary N) is 1. The molecule has 0 spiro atoms. The summed E-state index contributed by atoms with van der Waals surface area (Å²) in [6.07, 6.45) is 4.64. The minimum atomic E-state index is -3.71. The SMILES string of the molecule is COC(=O)C1(NS(=O)(=O)N2CCOCC2)CCCCCC1. The lowest BCUT2D eigenvalue weighted by Crippen LogP contribution is -2.59. The largest absolute Gasteiger partial charge is 0.468 e. The third-order valence-corrected chi connectivity index (χ3v) is 5.86. The summed E-state index contributed by atoms with van der Waals surface area (Å²) >= 11 is 0. The van der Waals surface area contributed by atoms with E-state index in [-0.39, 0.29) is 0 Å². The molecule has 0 bridgehead atoms. The zero-order valence-electron chi connectivity index (χ0n) is 12.5. The van der Waals surface area contributed by atoms with Crippen LogP contribution in [0.25, 0.3) is 0 Å². The fourth-order valence-corrected chi connectivity index (χ4v) is 4.51. The Hall–Kier alpha value is -0.700. The van der Waals surface area contributed by atoms with Crippen LogP contribution in [0.2, 0.25) is 0 Å². The standard InChI is InChI=1S/C13H24N2O5S/c1-19-12(16)13(6-4-2-3-5-7-13)14-21(17,18)15-8-10-20-11-9-15/h14H,2-11H2,1H3. The summed E-state index contributed by atoms with van der Waals surface area (Å²) < 4.78 is 39.1. The number of morpholine rings is 1. The maximum absolute atomic E-state index is 12.5. The molecule has 122 valence electrons. The van der Waals surface area contributed by atoms with Crippen LogP contribution in [-0.4, -0.2) is 57.6 Å². The Morgan fingerprint density at radius 2 is 1.71 bits per heavy atom. The van der Waals surface area contributed by atoms with Gasteiger partial charge in [-0.3, -0.25) is 4.79 Å². The monoisotopic (exact) mass is 320 g/mol. The first-order valence-electron chi connectivity index (χ1n) is 7.45. The van der Waals surface area contributed by atoms with Gasteiger partial charge in [0.15, 0.2) is 0 Å². The van der Waals surface area contributed by atoms with Crippen molar-refractivity contribution < 1.29 is 22.7 Å². The van der Waals surface area contributed by atoms with Crippen molar-refractivity contribution in [3.8, 4) is 0 Å². The molecule has 0 unspecified atom stereocenters. The van der Waals surface area contributed by atoms with Gasteiger partial charge in [0.1, 0.15) is 5.54 Å². The molecule has 0 amide bonds. The highest BCUT2D eigenvalue weighted by molar-refractivity contribution is 7.87. The van der Waals surface area contributed by atoms with Crippen molar-refractivity contribution >= 4 is 16.2 Å². The second-order valence-corrected chi connectivity index (χ2v) is 7.28. The highest BCUT2D eigenvalue weighted by atomic mass is 32.2. The molecule has 8 heteroatoms. The van der Waals surface area contributed by atoms with Crippen molar-refractivity contribution in [3.63, 3.8) is 0 Å². The number of hydrogen-bond acceptors (Lipinski definition) is 5. The van der Waals surface area contributed by atoms with Crippen LogP contribution in [0.15, 0.2) is 0 Å². The molecule has 1 aliphatic heterocycles. The zero-order chi connectivity index (χ0) is 15.3. The van der Waals surface area contributed by atoms with Crippen molar-refractivity contribution in [1.82, 2.24) is 9.03 Å².